The number of carbonyl (C=O) groups excluding carboxylic acids is 1. The van der Waals surface area contributed by atoms with E-state index in [0.29, 0.717) is 4.47 Å². The second-order valence-corrected chi connectivity index (χ2v) is 4.91. The van der Waals surface area contributed by atoms with Crippen LogP contribution < -0.4 is 4.74 Å². The molecule has 0 bridgehead atoms. The smallest absolute Gasteiger partial charge is 0.456 e. The van der Waals surface area contributed by atoms with E-state index < -0.39 is 24.7 Å². The van der Waals surface area contributed by atoms with E-state index in [1.54, 1.807) is 0 Å². The molecule has 0 radical (unpaired) electrons. The topological polar surface area (TPSA) is 35.5 Å². The van der Waals surface area contributed by atoms with E-state index in [1.807, 2.05) is 0 Å². The number of ether oxygens (including phenoxy) is 2. The number of alkyl halides is 5. The van der Waals surface area contributed by atoms with Gasteiger partial charge in [-0.2, -0.15) is 22.0 Å². The lowest BCUT2D eigenvalue weighted by atomic mass is 10.1. The number of hydrogen-bond donors (Lipinski definition) is 0. The van der Waals surface area contributed by atoms with Gasteiger partial charge in [-0.3, -0.25) is 4.79 Å². The highest BCUT2D eigenvalue weighted by molar-refractivity contribution is 9.10. The van der Waals surface area contributed by atoms with Crippen molar-refractivity contribution in [2.45, 2.75) is 18.5 Å². The van der Waals surface area contributed by atoms with Gasteiger partial charge >= 0.3 is 18.1 Å². The van der Waals surface area contributed by atoms with Crippen molar-refractivity contribution in [3.8, 4) is 5.75 Å². The molecule has 0 aliphatic rings. The lowest BCUT2D eigenvalue weighted by molar-refractivity contribution is -0.290. The van der Waals surface area contributed by atoms with Gasteiger partial charge in [0.15, 0.2) is 6.61 Å². The van der Waals surface area contributed by atoms with E-state index in [1.165, 1.54) is 18.2 Å². The fourth-order valence-electron chi connectivity index (χ4n) is 1.30. The zero-order chi connectivity index (χ0) is 16.3. The predicted octanol–water partition coefficient (Wildman–Crippen LogP) is 3.74. The van der Waals surface area contributed by atoms with Crippen molar-refractivity contribution >= 4 is 21.9 Å². The van der Waals surface area contributed by atoms with Gasteiger partial charge in [0.05, 0.1) is 13.5 Å². The average molecular weight is 377 g/mol. The second kappa shape index (κ2) is 6.59. The van der Waals surface area contributed by atoms with Crippen LogP contribution in [0.5, 0.6) is 5.75 Å². The first-order chi connectivity index (χ1) is 9.56. The Balaban J connectivity index is 2.91. The Kier molecular flexibility index (Phi) is 5.54. The molecule has 1 rings (SSSR count). The number of rotatable bonds is 5. The Labute approximate surface area is 125 Å². The van der Waals surface area contributed by atoms with Gasteiger partial charge in [0.1, 0.15) is 5.75 Å². The highest BCUT2D eigenvalue weighted by Crippen LogP contribution is 2.36. The predicted molar refractivity (Wildman–Crippen MR) is 66.4 cm³/mol. The molecule has 0 amide bonds. The van der Waals surface area contributed by atoms with Crippen molar-refractivity contribution in [1.29, 1.82) is 0 Å². The molecule has 1 aromatic rings. The van der Waals surface area contributed by atoms with Crippen LogP contribution in [0.2, 0.25) is 0 Å². The van der Waals surface area contributed by atoms with Crippen molar-refractivity contribution < 1.29 is 36.2 Å². The molecule has 0 saturated heterocycles. The lowest BCUT2D eigenvalue weighted by Crippen LogP contribution is -2.41. The molecular weight excluding hydrogens is 367 g/mol. The Morgan fingerprint density at radius 1 is 1.24 bits per heavy atom. The fraction of sp³-hybridized carbons (Fsp3) is 0.417. The molecule has 0 spiro atoms. The maximum absolute atomic E-state index is 12.8. The van der Waals surface area contributed by atoms with Gasteiger partial charge in [-0.05, 0) is 18.2 Å². The van der Waals surface area contributed by atoms with Crippen molar-refractivity contribution in [3.05, 3.63) is 28.2 Å². The molecule has 0 aliphatic heterocycles. The summed E-state index contributed by atoms with van der Waals surface area (Å²) >= 11 is 3.09. The first kappa shape index (κ1) is 17.7. The molecule has 0 unspecified atom stereocenters. The molecule has 1 aromatic carbocycles. The summed E-state index contributed by atoms with van der Waals surface area (Å²) in [5, 5.41) is 0. The first-order valence-electron chi connectivity index (χ1n) is 5.49. The molecule has 0 atom stereocenters. The van der Waals surface area contributed by atoms with Crippen molar-refractivity contribution in [3.63, 3.8) is 0 Å². The van der Waals surface area contributed by atoms with Crippen LogP contribution in [0.3, 0.4) is 0 Å². The summed E-state index contributed by atoms with van der Waals surface area (Å²) in [5.41, 5.74) is 0.134. The average Bonchev–Trinajstić information content (AvgIpc) is 2.36. The van der Waals surface area contributed by atoms with Crippen LogP contribution in [0.1, 0.15) is 5.56 Å². The summed E-state index contributed by atoms with van der Waals surface area (Å²) in [4.78, 5) is 11.2. The summed E-state index contributed by atoms with van der Waals surface area (Å²) in [6, 6.07) is 3.95. The van der Waals surface area contributed by atoms with Gasteiger partial charge in [-0.1, -0.05) is 15.9 Å². The SMILES string of the molecule is COC(=O)Cc1cc(Br)ccc1OCC(F)(F)C(F)(F)F. The van der Waals surface area contributed by atoms with Crippen LogP contribution in [0.25, 0.3) is 0 Å². The van der Waals surface area contributed by atoms with Crippen LogP contribution in [-0.2, 0) is 16.0 Å². The zero-order valence-corrected chi connectivity index (χ0v) is 12.2. The Bertz CT molecular complexity index is 516. The molecule has 0 aliphatic carbocycles. The van der Waals surface area contributed by atoms with E-state index in [4.69, 9.17) is 0 Å². The summed E-state index contributed by atoms with van der Waals surface area (Å²) < 4.78 is 71.2. The monoisotopic (exact) mass is 376 g/mol. The van der Waals surface area contributed by atoms with Crippen molar-refractivity contribution in [2.24, 2.45) is 0 Å². The summed E-state index contributed by atoms with van der Waals surface area (Å²) in [7, 11) is 1.12. The second-order valence-electron chi connectivity index (χ2n) is 4.00. The molecule has 3 nitrogen and oxygen atoms in total. The van der Waals surface area contributed by atoms with E-state index >= 15 is 0 Å². The Morgan fingerprint density at radius 2 is 1.86 bits per heavy atom. The van der Waals surface area contributed by atoms with Gasteiger partial charge in [-0.25, -0.2) is 0 Å². The van der Waals surface area contributed by atoms with Gasteiger partial charge in [0.25, 0.3) is 0 Å². The number of hydrogen-bond acceptors (Lipinski definition) is 3. The summed E-state index contributed by atoms with van der Waals surface area (Å²) in [6.07, 6.45) is -6.02. The molecule has 21 heavy (non-hydrogen) atoms. The quantitative estimate of drug-likeness (QED) is 0.580. The maximum atomic E-state index is 12.8. The van der Waals surface area contributed by atoms with E-state index in [-0.39, 0.29) is 17.7 Å². The normalized spacial score (nSPS) is 12.1. The number of methoxy groups -OCH3 is 1. The van der Waals surface area contributed by atoms with Gasteiger partial charge in [-0.15, -0.1) is 0 Å². The minimum Gasteiger partial charge on any atom is -0.487 e. The number of carbonyl (C=O) groups is 1. The van der Waals surface area contributed by atoms with Crippen molar-refractivity contribution in [2.75, 3.05) is 13.7 Å². The maximum Gasteiger partial charge on any atom is 0.456 e. The van der Waals surface area contributed by atoms with E-state index in [2.05, 4.69) is 25.4 Å². The third-order valence-electron chi connectivity index (χ3n) is 2.41. The van der Waals surface area contributed by atoms with E-state index in [9.17, 15) is 26.7 Å². The highest BCUT2D eigenvalue weighted by atomic mass is 79.9. The minimum atomic E-state index is -5.70. The molecule has 0 aromatic heterocycles. The van der Waals surface area contributed by atoms with Crippen LogP contribution in [-0.4, -0.2) is 31.8 Å². The van der Waals surface area contributed by atoms with Gasteiger partial charge < -0.3 is 9.47 Å². The molecule has 0 fully saturated rings. The number of halogens is 6. The standard InChI is InChI=1S/C12H10BrF5O3/c1-20-10(19)5-7-4-8(13)2-3-9(7)21-6-11(14,15)12(16,17)18/h2-4H,5-6H2,1H3. The van der Waals surface area contributed by atoms with Crippen LogP contribution >= 0.6 is 15.9 Å². The fourth-order valence-corrected chi connectivity index (χ4v) is 1.71. The summed E-state index contributed by atoms with van der Waals surface area (Å²) in [5.74, 6) is -5.91. The Morgan fingerprint density at radius 3 is 2.38 bits per heavy atom. The zero-order valence-electron chi connectivity index (χ0n) is 10.6. The molecule has 118 valence electrons. The first-order valence-corrected chi connectivity index (χ1v) is 6.28. The molecule has 0 saturated carbocycles. The lowest BCUT2D eigenvalue weighted by Gasteiger charge is -2.20. The largest absolute Gasteiger partial charge is 0.487 e. The van der Waals surface area contributed by atoms with Crippen molar-refractivity contribution in [1.82, 2.24) is 0 Å². The third kappa shape index (κ3) is 4.83. The highest BCUT2D eigenvalue weighted by Gasteiger charge is 2.58. The number of esters is 1. The molecule has 0 N–H and O–H groups in total. The van der Waals surface area contributed by atoms with E-state index in [0.717, 1.165) is 7.11 Å². The van der Waals surface area contributed by atoms with Gasteiger partial charge in [0, 0.05) is 10.0 Å². The van der Waals surface area contributed by atoms with Crippen LogP contribution in [0.15, 0.2) is 22.7 Å². The Hall–Kier alpha value is -1.38. The molecule has 0 heterocycles. The molecular formula is C12H10BrF5O3. The third-order valence-corrected chi connectivity index (χ3v) is 2.90. The minimum absolute atomic E-state index is 0.134. The summed E-state index contributed by atoms with van der Waals surface area (Å²) in [6.45, 7) is -1.87. The van der Waals surface area contributed by atoms with Crippen LogP contribution in [0, 0.1) is 0 Å². The molecule has 9 heteroatoms. The van der Waals surface area contributed by atoms with Crippen LogP contribution in [0.4, 0.5) is 22.0 Å². The van der Waals surface area contributed by atoms with Gasteiger partial charge in [0.2, 0.25) is 0 Å². The number of benzene rings is 1.